The molecular weight excluding hydrogens is 280 g/mol. The minimum absolute atomic E-state index is 0.0226. The van der Waals surface area contributed by atoms with Crippen LogP contribution < -0.4 is 0 Å². The molecule has 0 N–H and O–H groups in total. The summed E-state index contributed by atoms with van der Waals surface area (Å²) in [6.45, 7) is 2.53. The number of rotatable bonds is 8. The van der Waals surface area contributed by atoms with Gasteiger partial charge in [-0.25, -0.2) is 0 Å². The molecular formula is C18H22O4. The van der Waals surface area contributed by atoms with Gasteiger partial charge in [0.1, 0.15) is 17.3 Å². The molecule has 1 aliphatic carbocycles. The Morgan fingerprint density at radius 3 is 2.36 bits per heavy atom. The predicted octanol–water partition coefficient (Wildman–Crippen LogP) is 2.88. The van der Waals surface area contributed by atoms with Gasteiger partial charge in [-0.05, 0) is 18.9 Å². The van der Waals surface area contributed by atoms with Crippen LogP contribution in [-0.4, -0.2) is 24.0 Å². The normalized spacial score (nSPS) is 17.0. The topological polar surface area (TPSA) is 60.4 Å². The molecule has 0 saturated heterocycles. The maximum atomic E-state index is 11.9. The van der Waals surface area contributed by atoms with Crippen LogP contribution in [-0.2, 0) is 25.7 Å². The van der Waals surface area contributed by atoms with Crippen molar-refractivity contribution in [2.24, 2.45) is 5.41 Å². The van der Waals surface area contributed by atoms with Gasteiger partial charge in [-0.3, -0.25) is 14.4 Å². The lowest BCUT2D eigenvalue weighted by molar-refractivity contribution is -0.134. The van der Waals surface area contributed by atoms with Gasteiger partial charge in [-0.2, -0.15) is 0 Å². The fraction of sp³-hybridized carbons (Fsp3) is 0.500. The molecule has 118 valence electrons. The van der Waals surface area contributed by atoms with E-state index in [1.807, 2.05) is 30.3 Å². The Bertz CT molecular complexity index is 531. The van der Waals surface area contributed by atoms with Crippen LogP contribution in [0.4, 0.5) is 0 Å². The van der Waals surface area contributed by atoms with Gasteiger partial charge in [0.15, 0.2) is 0 Å². The highest BCUT2D eigenvalue weighted by atomic mass is 16.5. The minimum atomic E-state index is -0.930. The minimum Gasteiger partial charge on any atom is -0.376 e. The molecule has 0 aliphatic heterocycles. The lowest BCUT2D eigenvalue weighted by atomic mass is 9.81. The molecule has 0 aromatic heterocycles. The molecule has 22 heavy (non-hydrogen) atoms. The summed E-state index contributed by atoms with van der Waals surface area (Å²) in [6, 6.07) is 9.78. The van der Waals surface area contributed by atoms with Crippen molar-refractivity contribution in [1.29, 1.82) is 0 Å². The Morgan fingerprint density at radius 1 is 1.09 bits per heavy atom. The zero-order chi connectivity index (χ0) is 16.0. The predicted molar refractivity (Wildman–Crippen MR) is 82.3 cm³/mol. The molecule has 1 aromatic rings. The van der Waals surface area contributed by atoms with Crippen LogP contribution in [0.2, 0.25) is 0 Å². The van der Waals surface area contributed by atoms with E-state index in [0.717, 1.165) is 5.56 Å². The molecule has 0 radical (unpaired) electrons. The molecule has 0 atom stereocenters. The van der Waals surface area contributed by atoms with Crippen LogP contribution in [0.25, 0.3) is 0 Å². The molecule has 0 bridgehead atoms. The number of Topliss-reactive ketones (excluding diaryl/α,β-unsaturated/α-hetero) is 3. The fourth-order valence-electron chi connectivity index (χ4n) is 2.68. The molecule has 1 saturated carbocycles. The van der Waals surface area contributed by atoms with Crippen LogP contribution in [0, 0.1) is 5.41 Å². The van der Waals surface area contributed by atoms with E-state index in [2.05, 4.69) is 0 Å². The molecule has 0 amide bonds. The zero-order valence-electron chi connectivity index (χ0n) is 13.0. The van der Waals surface area contributed by atoms with E-state index >= 15 is 0 Å². The Hall–Kier alpha value is -1.81. The summed E-state index contributed by atoms with van der Waals surface area (Å²) in [5.74, 6) is -0.00181. The Balaban J connectivity index is 1.66. The number of carbonyl (C=O) groups is 3. The van der Waals surface area contributed by atoms with E-state index in [1.165, 1.54) is 0 Å². The van der Waals surface area contributed by atoms with Gasteiger partial charge in [0, 0.05) is 25.7 Å². The highest BCUT2D eigenvalue weighted by Crippen LogP contribution is 2.35. The third kappa shape index (κ3) is 4.10. The van der Waals surface area contributed by atoms with Gasteiger partial charge >= 0.3 is 0 Å². The monoisotopic (exact) mass is 302 g/mol. The first-order valence-corrected chi connectivity index (χ1v) is 7.72. The number of hydrogen-bond donors (Lipinski definition) is 0. The zero-order valence-corrected chi connectivity index (χ0v) is 13.0. The summed E-state index contributed by atoms with van der Waals surface area (Å²) in [5.41, 5.74) is 0.144. The fourth-order valence-corrected chi connectivity index (χ4v) is 2.68. The lowest BCUT2D eigenvalue weighted by Gasteiger charge is -2.19. The average Bonchev–Trinajstić information content (AvgIpc) is 2.78. The van der Waals surface area contributed by atoms with E-state index in [0.29, 0.717) is 38.9 Å². The number of benzene rings is 1. The quantitative estimate of drug-likeness (QED) is 0.547. The van der Waals surface area contributed by atoms with Crippen molar-refractivity contribution in [3.8, 4) is 0 Å². The van der Waals surface area contributed by atoms with Gasteiger partial charge in [0.25, 0.3) is 0 Å². The standard InChI is InChI=1S/C18H22O4/c1-18(16(20)7-8-17(18)21)11-9-15(19)10-12-22-13-14-5-3-2-4-6-14/h2-6H,7-13H2,1H3. The summed E-state index contributed by atoms with van der Waals surface area (Å²) >= 11 is 0. The van der Waals surface area contributed by atoms with Gasteiger partial charge in [-0.1, -0.05) is 30.3 Å². The van der Waals surface area contributed by atoms with Crippen LogP contribution in [0.3, 0.4) is 0 Å². The molecule has 1 aliphatic rings. The average molecular weight is 302 g/mol. The van der Waals surface area contributed by atoms with E-state index in [-0.39, 0.29) is 23.8 Å². The van der Waals surface area contributed by atoms with Gasteiger partial charge in [0.2, 0.25) is 0 Å². The third-order valence-electron chi connectivity index (χ3n) is 4.35. The second kappa shape index (κ2) is 7.45. The summed E-state index contributed by atoms with van der Waals surface area (Å²) in [5, 5.41) is 0. The molecule has 0 heterocycles. The molecule has 1 fully saturated rings. The van der Waals surface area contributed by atoms with E-state index < -0.39 is 5.41 Å². The Kier molecular flexibility index (Phi) is 5.61. The maximum Gasteiger partial charge on any atom is 0.146 e. The second-order valence-electron chi connectivity index (χ2n) is 6.01. The number of hydrogen-bond acceptors (Lipinski definition) is 4. The van der Waals surface area contributed by atoms with Crippen molar-refractivity contribution in [1.82, 2.24) is 0 Å². The Morgan fingerprint density at radius 2 is 1.73 bits per heavy atom. The highest BCUT2D eigenvalue weighted by molar-refractivity contribution is 6.12. The van der Waals surface area contributed by atoms with Crippen molar-refractivity contribution < 1.29 is 19.1 Å². The summed E-state index contributed by atoms with van der Waals surface area (Å²) < 4.78 is 5.47. The van der Waals surface area contributed by atoms with Gasteiger partial charge in [0.05, 0.1) is 18.6 Å². The van der Waals surface area contributed by atoms with E-state index in [4.69, 9.17) is 4.74 Å². The molecule has 0 unspecified atom stereocenters. The maximum absolute atomic E-state index is 11.9. The first kappa shape index (κ1) is 16.6. The second-order valence-corrected chi connectivity index (χ2v) is 6.01. The molecule has 0 spiro atoms. The van der Waals surface area contributed by atoms with Crippen molar-refractivity contribution in [3.05, 3.63) is 35.9 Å². The van der Waals surface area contributed by atoms with Crippen molar-refractivity contribution in [3.63, 3.8) is 0 Å². The van der Waals surface area contributed by atoms with Gasteiger partial charge < -0.3 is 4.74 Å². The summed E-state index contributed by atoms with van der Waals surface area (Å²) in [4.78, 5) is 35.4. The molecule has 4 heteroatoms. The number of ether oxygens (including phenoxy) is 1. The SMILES string of the molecule is CC1(CCC(=O)CCOCc2ccccc2)C(=O)CCC1=O. The molecule has 2 rings (SSSR count). The molecule has 1 aromatic carbocycles. The largest absolute Gasteiger partial charge is 0.376 e. The van der Waals surface area contributed by atoms with Crippen molar-refractivity contribution >= 4 is 17.3 Å². The lowest BCUT2D eigenvalue weighted by Crippen LogP contribution is -2.30. The first-order valence-electron chi connectivity index (χ1n) is 7.72. The van der Waals surface area contributed by atoms with E-state index in [9.17, 15) is 14.4 Å². The van der Waals surface area contributed by atoms with Crippen LogP contribution >= 0.6 is 0 Å². The van der Waals surface area contributed by atoms with E-state index in [1.54, 1.807) is 6.92 Å². The summed E-state index contributed by atoms with van der Waals surface area (Å²) in [7, 11) is 0. The van der Waals surface area contributed by atoms with Gasteiger partial charge in [-0.15, -0.1) is 0 Å². The summed E-state index contributed by atoms with van der Waals surface area (Å²) in [6.07, 6.45) is 1.57. The van der Waals surface area contributed by atoms with Crippen molar-refractivity contribution in [2.45, 2.75) is 45.6 Å². The van der Waals surface area contributed by atoms with Crippen LogP contribution in [0.15, 0.2) is 30.3 Å². The third-order valence-corrected chi connectivity index (χ3v) is 4.35. The van der Waals surface area contributed by atoms with Crippen molar-refractivity contribution in [2.75, 3.05) is 6.61 Å². The van der Waals surface area contributed by atoms with Crippen LogP contribution in [0.1, 0.15) is 44.6 Å². The number of carbonyl (C=O) groups excluding carboxylic acids is 3. The van der Waals surface area contributed by atoms with Crippen LogP contribution in [0.5, 0.6) is 0 Å². The smallest absolute Gasteiger partial charge is 0.146 e. The number of ketones is 3. The Labute approximate surface area is 130 Å². The highest BCUT2D eigenvalue weighted by Gasteiger charge is 2.44. The first-order chi connectivity index (χ1) is 10.5. The molecule has 4 nitrogen and oxygen atoms in total.